The van der Waals surface area contributed by atoms with E-state index >= 15 is 0 Å². The molecule has 0 radical (unpaired) electrons. The van der Waals surface area contributed by atoms with Crippen LogP contribution in [-0.4, -0.2) is 24.0 Å². The predicted molar refractivity (Wildman–Crippen MR) is 123 cm³/mol. The van der Waals surface area contributed by atoms with Crippen LogP contribution in [0.5, 0.6) is 11.5 Å². The van der Waals surface area contributed by atoms with Gasteiger partial charge >= 0.3 is 0 Å². The minimum absolute atomic E-state index is 0.470. The van der Waals surface area contributed by atoms with Gasteiger partial charge in [-0.25, -0.2) is 4.68 Å². The summed E-state index contributed by atoms with van der Waals surface area (Å²) in [4.78, 5) is 0. The van der Waals surface area contributed by atoms with Crippen molar-refractivity contribution < 1.29 is 9.47 Å². The monoisotopic (exact) mass is 458 g/mol. The molecular formula is C23H17Cl3N2O2. The van der Waals surface area contributed by atoms with Gasteiger partial charge in [-0.15, -0.1) is 0 Å². The van der Waals surface area contributed by atoms with E-state index in [-0.39, 0.29) is 0 Å². The molecule has 0 fully saturated rings. The van der Waals surface area contributed by atoms with Crippen molar-refractivity contribution in [3.05, 3.63) is 81.8 Å². The summed E-state index contributed by atoms with van der Waals surface area (Å²) in [6, 6.07) is 20.4. The molecule has 0 N–H and O–H groups in total. The van der Waals surface area contributed by atoms with Gasteiger partial charge in [0.15, 0.2) is 0 Å². The van der Waals surface area contributed by atoms with Crippen LogP contribution in [0.15, 0.2) is 66.7 Å². The van der Waals surface area contributed by atoms with Gasteiger partial charge in [-0.2, -0.15) is 5.10 Å². The maximum Gasteiger partial charge on any atom is 0.118 e. The van der Waals surface area contributed by atoms with Crippen molar-refractivity contribution in [1.29, 1.82) is 0 Å². The first kappa shape index (κ1) is 20.6. The van der Waals surface area contributed by atoms with Crippen LogP contribution in [-0.2, 0) is 0 Å². The molecule has 0 saturated heterocycles. The fourth-order valence-corrected chi connectivity index (χ4v) is 3.98. The molecule has 1 heterocycles. The van der Waals surface area contributed by atoms with Gasteiger partial charge in [0, 0.05) is 16.1 Å². The molecule has 0 bridgehead atoms. The van der Waals surface area contributed by atoms with E-state index in [1.165, 1.54) is 0 Å². The Morgan fingerprint density at radius 3 is 1.83 bits per heavy atom. The van der Waals surface area contributed by atoms with Gasteiger partial charge < -0.3 is 9.47 Å². The van der Waals surface area contributed by atoms with Crippen LogP contribution in [0.2, 0.25) is 15.1 Å². The molecule has 7 heteroatoms. The summed E-state index contributed by atoms with van der Waals surface area (Å²) in [7, 11) is 3.25. The standard InChI is InChI=1S/C23H17Cl3N2O2/c1-29-17-8-3-14(4-9-17)22-21(26)23(15-5-10-18(30-2)11-6-15)28(27-22)20-12-7-16(24)13-19(20)25/h3-13H,1-2H3. The van der Waals surface area contributed by atoms with E-state index in [4.69, 9.17) is 49.4 Å². The number of rotatable bonds is 5. The Labute approximate surface area is 189 Å². The maximum atomic E-state index is 6.86. The molecule has 0 aliphatic carbocycles. The molecule has 0 spiro atoms. The Bertz CT molecular complexity index is 1190. The van der Waals surface area contributed by atoms with E-state index in [0.29, 0.717) is 26.4 Å². The highest BCUT2D eigenvalue weighted by molar-refractivity contribution is 6.37. The van der Waals surface area contributed by atoms with Crippen LogP contribution >= 0.6 is 34.8 Å². The van der Waals surface area contributed by atoms with Crippen LogP contribution < -0.4 is 9.47 Å². The zero-order valence-corrected chi connectivity index (χ0v) is 18.5. The van der Waals surface area contributed by atoms with Gasteiger partial charge in [0.2, 0.25) is 0 Å². The molecule has 0 amide bonds. The van der Waals surface area contributed by atoms with Crippen molar-refractivity contribution in [2.75, 3.05) is 14.2 Å². The van der Waals surface area contributed by atoms with Gasteiger partial charge in [-0.1, -0.05) is 34.8 Å². The van der Waals surface area contributed by atoms with E-state index in [2.05, 4.69) is 0 Å². The molecule has 30 heavy (non-hydrogen) atoms. The van der Waals surface area contributed by atoms with Crippen molar-refractivity contribution >= 4 is 34.8 Å². The molecule has 0 saturated carbocycles. The SMILES string of the molecule is COc1ccc(-c2nn(-c3ccc(Cl)cc3Cl)c(-c3ccc(OC)cc3)c2Cl)cc1. The minimum Gasteiger partial charge on any atom is -0.497 e. The Hall–Kier alpha value is -2.66. The van der Waals surface area contributed by atoms with Gasteiger partial charge in [0.25, 0.3) is 0 Å². The number of methoxy groups -OCH3 is 2. The van der Waals surface area contributed by atoms with Crippen LogP contribution in [0.1, 0.15) is 0 Å². The third kappa shape index (κ3) is 3.86. The fourth-order valence-electron chi connectivity index (χ4n) is 3.16. The predicted octanol–water partition coefficient (Wildman–Crippen LogP) is 7.18. The molecule has 0 aliphatic heterocycles. The Morgan fingerprint density at radius 1 is 0.733 bits per heavy atom. The molecule has 4 rings (SSSR count). The first-order valence-corrected chi connectivity index (χ1v) is 10.2. The Kier molecular flexibility index (Phi) is 5.91. The topological polar surface area (TPSA) is 36.3 Å². The summed E-state index contributed by atoms with van der Waals surface area (Å²) in [5.41, 5.74) is 3.76. The Balaban J connectivity index is 1.94. The molecule has 0 atom stereocenters. The third-order valence-electron chi connectivity index (χ3n) is 4.69. The molecule has 0 aliphatic rings. The second-order valence-electron chi connectivity index (χ2n) is 6.48. The minimum atomic E-state index is 0.470. The van der Waals surface area contributed by atoms with Gasteiger partial charge in [0.1, 0.15) is 17.2 Å². The molecule has 0 unspecified atom stereocenters. The lowest BCUT2D eigenvalue weighted by Crippen LogP contribution is -2.00. The van der Waals surface area contributed by atoms with Gasteiger partial charge in [-0.05, 0) is 66.7 Å². The average molecular weight is 460 g/mol. The quantitative estimate of drug-likeness (QED) is 0.317. The lowest BCUT2D eigenvalue weighted by Gasteiger charge is -2.10. The zero-order valence-electron chi connectivity index (χ0n) is 16.2. The Morgan fingerprint density at radius 2 is 1.30 bits per heavy atom. The average Bonchev–Trinajstić information content (AvgIpc) is 3.10. The van der Waals surface area contributed by atoms with Crippen molar-refractivity contribution in [3.8, 4) is 39.7 Å². The van der Waals surface area contributed by atoms with Crippen molar-refractivity contribution in [3.63, 3.8) is 0 Å². The number of halogens is 3. The lowest BCUT2D eigenvalue weighted by atomic mass is 10.1. The number of hydrogen-bond donors (Lipinski definition) is 0. The molecule has 4 aromatic rings. The first-order valence-electron chi connectivity index (χ1n) is 9.04. The second kappa shape index (κ2) is 8.60. The largest absolute Gasteiger partial charge is 0.497 e. The van der Waals surface area contributed by atoms with E-state index in [1.807, 2.05) is 54.6 Å². The molecule has 3 aromatic carbocycles. The third-order valence-corrected chi connectivity index (χ3v) is 5.59. The number of benzene rings is 3. The van der Waals surface area contributed by atoms with Crippen LogP contribution in [0, 0.1) is 0 Å². The normalized spacial score (nSPS) is 10.8. The van der Waals surface area contributed by atoms with E-state index in [1.54, 1.807) is 31.0 Å². The molecular weight excluding hydrogens is 443 g/mol. The summed E-state index contributed by atoms with van der Waals surface area (Å²) >= 11 is 19.4. The summed E-state index contributed by atoms with van der Waals surface area (Å²) in [5, 5.41) is 6.33. The van der Waals surface area contributed by atoms with Crippen LogP contribution in [0.25, 0.3) is 28.2 Å². The maximum absolute atomic E-state index is 6.86. The van der Waals surface area contributed by atoms with Gasteiger partial charge in [-0.3, -0.25) is 0 Å². The molecule has 4 nitrogen and oxygen atoms in total. The van der Waals surface area contributed by atoms with E-state index in [9.17, 15) is 0 Å². The fraction of sp³-hybridized carbons (Fsp3) is 0.0870. The number of ether oxygens (including phenoxy) is 2. The van der Waals surface area contributed by atoms with Gasteiger partial charge in [0.05, 0.1) is 35.6 Å². The number of aromatic nitrogens is 2. The number of hydrogen-bond acceptors (Lipinski definition) is 3. The highest BCUT2D eigenvalue weighted by Crippen LogP contribution is 2.40. The van der Waals surface area contributed by atoms with Crippen molar-refractivity contribution in [2.45, 2.75) is 0 Å². The van der Waals surface area contributed by atoms with E-state index < -0.39 is 0 Å². The zero-order chi connectivity index (χ0) is 21.3. The molecule has 152 valence electrons. The smallest absolute Gasteiger partial charge is 0.118 e. The highest BCUT2D eigenvalue weighted by Gasteiger charge is 2.22. The molecule has 1 aromatic heterocycles. The summed E-state index contributed by atoms with van der Waals surface area (Å²) in [6.45, 7) is 0. The first-order chi connectivity index (χ1) is 14.5. The summed E-state index contributed by atoms with van der Waals surface area (Å²) < 4.78 is 12.3. The van der Waals surface area contributed by atoms with Crippen LogP contribution in [0.4, 0.5) is 0 Å². The number of nitrogens with zero attached hydrogens (tertiary/aromatic N) is 2. The second-order valence-corrected chi connectivity index (χ2v) is 7.70. The van der Waals surface area contributed by atoms with Crippen molar-refractivity contribution in [2.24, 2.45) is 0 Å². The highest BCUT2D eigenvalue weighted by atomic mass is 35.5. The van der Waals surface area contributed by atoms with Crippen LogP contribution in [0.3, 0.4) is 0 Å². The van der Waals surface area contributed by atoms with Crippen molar-refractivity contribution in [1.82, 2.24) is 9.78 Å². The lowest BCUT2D eigenvalue weighted by molar-refractivity contribution is 0.414. The van der Waals surface area contributed by atoms with E-state index in [0.717, 1.165) is 28.3 Å². The summed E-state index contributed by atoms with van der Waals surface area (Å²) in [6.07, 6.45) is 0. The summed E-state index contributed by atoms with van der Waals surface area (Å²) in [5.74, 6) is 1.51.